The Hall–Kier alpha value is -0.810. The number of benzene rings is 1. The number of rotatable bonds is 3. The standard InChI is InChI=1S/C8H9F2NOS/c9-5-3-7(11)8(4-6(5)10)13-2-1-12/h3-4,12H,1-2,11H2. The lowest BCUT2D eigenvalue weighted by atomic mass is 10.3. The second-order valence-electron chi connectivity index (χ2n) is 2.38. The highest BCUT2D eigenvalue weighted by molar-refractivity contribution is 7.99. The molecule has 0 saturated heterocycles. The van der Waals surface area contributed by atoms with Crippen LogP contribution in [0.3, 0.4) is 0 Å². The summed E-state index contributed by atoms with van der Waals surface area (Å²) in [6, 6.07) is 1.97. The number of nitrogens with two attached hydrogens (primary N) is 1. The Bertz CT molecular complexity index is 306. The number of hydrogen-bond acceptors (Lipinski definition) is 3. The SMILES string of the molecule is Nc1cc(F)c(F)cc1SCCO. The first-order chi connectivity index (χ1) is 6.15. The van der Waals surface area contributed by atoms with E-state index in [1.807, 2.05) is 0 Å². The normalized spacial score (nSPS) is 10.4. The van der Waals surface area contributed by atoms with Crippen LogP contribution in [0.1, 0.15) is 0 Å². The molecule has 1 rings (SSSR count). The molecule has 5 heteroatoms. The zero-order valence-corrected chi connectivity index (χ0v) is 7.57. The van der Waals surface area contributed by atoms with Gasteiger partial charge in [0.25, 0.3) is 0 Å². The largest absolute Gasteiger partial charge is 0.398 e. The monoisotopic (exact) mass is 205 g/mol. The Morgan fingerprint density at radius 1 is 1.31 bits per heavy atom. The Balaban J connectivity index is 2.88. The van der Waals surface area contributed by atoms with Crippen LogP contribution < -0.4 is 5.73 Å². The minimum absolute atomic E-state index is 0.0247. The molecular weight excluding hydrogens is 196 g/mol. The highest BCUT2D eigenvalue weighted by atomic mass is 32.2. The van der Waals surface area contributed by atoms with E-state index in [1.54, 1.807) is 0 Å². The molecule has 0 aliphatic carbocycles. The Morgan fingerprint density at radius 2 is 1.92 bits per heavy atom. The third-order valence-electron chi connectivity index (χ3n) is 1.40. The first-order valence-corrected chi connectivity index (χ1v) is 4.62. The highest BCUT2D eigenvalue weighted by Gasteiger charge is 2.07. The molecule has 2 nitrogen and oxygen atoms in total. The lowest BCUT2D eigenvalue weighted by molar-refractivity contribution is 0.322. The number of aliphatic hydroxyl groups excluding tert-OH is 1. The summed E-state index contributed by atoms with van der Waals surface area (Å²) in [7, 11) is 0. The maximum Gasteiger partial charge on any atom is 0.160 e. The number of hydrogen-bond donors (Lipinski definition) is 2. The van der Waals surface area contributed by atoms with E-state index < -0.39 is 11.6 Å². The van der Waals surface area contributed by atoms with Gasteiger partial charge < -0.3 is 10.8 Å². The minimum atomic E-state index is -0.953. The molecule has 0 bridgehead atoms. The van der Waals surface area contributed by atoms with E-state index in [9.17, 15) is 8.78 Å². The zero-order valence-electron chi connectivity index (χ0n) is 6.76. The van der Waals surface area contributed by atoms with E-state index >= 15 is 0 Å². The van der Waals surface area contributed by atoms with Crippen LogP contribution in [-0.2, 0) is 0 Å². The van der Waals surface area contributed by atoms with Crippen LogP contribution in [0.2, 0.25) is 0 Å². The van der Waals surface area contributed by atoms with Gasteiger partial charge in [0.1, 0.15) is 0 Å². The number of nitrogen functional groups attached to an aromatic ring is 1. The molecule has 72 valence electrons. The van der Waals surface area contributed by atoms with Crippen molar-refractivity contribution in [1.82, 2.24) is 0 Å². The van der Waals surface area contributed by atoms with E-state index in [0.717, 1.165) is 12.1 Å². The lowest BCUT2D eigenvalue weighted by Crippen LogP contribution is -1.95. The van der Waals surface area contributed by atoms with Gasteiger partial charge in [0.2, 0.25) is 0 Å². The van der Waals surface area contributed by atoms with Crippen molar-refractivity contribution in [3.8, 4) is 0 Å². The summed E-state index contributed by atoms with van der Waals surface area (Å²) in [5, 5.41) is 8.51. The van der Waals surface area contributed by atoms with E-state index in [2.05, 4.69) is 0 Å². The van der Waals surface area contributed by atoms with Crippen molar-refractivity contribution < 1.29 is 13.9 Å². The molecule has 0 heterocycles. The molecule has 0 spiro atoms. The molecule has 0 fully saturated rings. The molecule has 1 aromatic carbocycles. The predicted octanol–water partition coefficient (Wildman–Crippen LogP) is 1.63. The summed E-state index contributed by atoms with van der Waals surface area (Å²) >= 11 is 1.19. The van der Waals surface area contributed by atoms with Crippen molar-refractivity contribution in [1.29, 1.82) is 0 Å². The van der Waals surface area contributed by atoms with E-state index in [0.29, 0.717) is 10.6 Å². The van der Waals surface area contributed by atoms with Crippen LogP contribution in [0.4, 0.5) is 14.5 Å². The van der Waals surface area contributed by atoms with Crippen molar-refractivity contribution in [2.75, 3.05) is 18.1 Å². The van der Waals surface area contributed by atoms with Crippen molar-refractivity contribution in [2.45, 2.75) is 4.90 Å². The Morgan fingerprint density at radius 3 is 2.54 bits per heavy atom. The quantitative estimate of drug-likeness (QED) is 0.582. The summed E-state index contributed by atoms with van der Waals surface area (Å²) in [5.74, 6) is -1.46. The maximum atomic E-state index is 12.7. The van der Waals surface area contributed by atoms with Crippen LogP contribution >= 0.6 is 11.8 Å². The minimum Gasteiger partial charge on any atom is -0.398 e. The van der Waals surface area contributed by atoms with Crippen molar-refractivity contribution in [3.05, 3.63) is 23.8 Å². The summed E-state index contributed by atoms with van der Waals surface area (Å²) in [6.45, 7) is -0.0247. The fourth-order valence-electron chi connectivity index (χ4n) is 0.825. The van der Waals surface area contributed by atoms with Crippen LogP contribution in [0.25, 0.3) is 0 Å². The van der Waals surface area contributed by atoms with Gasteiger partial charge in [0.15, 0.2) is 11.6 Å². The molecule has 3 N–H and O–H groups in total. The Kier molecular flexibility index (Phi) is 3.50. The van der Waals surface area contributed by atoms with Gasteiger partial charge in [-0.3, -0.25) is 0 Å². The molecule has 0 aliphatic rings. The zero-order chi connectivity index (χ0) is 9.84. The second kappa shape index (κ2) is 4.43. The lowest BCUT2D eigenvalue weighted by Gasteiger charge is -2.04. The fourth-order valence-corrected chi connectivity index (χ4v) is 1.55. The second-order valence-corrected chi connectivity index (χ2v) is 3.51. The number of anilines is 1. The molecule has 13 heavy (non-hydrogen) atoms. The van der Waals surface area contributed by atoms with Gasteiger partial charge in [0.05, 0.1) is 6.61 Å². The molecular formula is C8H9F2NOS. The topological polar surface area (TPSA) is 46.2 Å². The van der Waals surface area contributed by atoms with Gasteiger partial charge in [-0.1, -0.05) is 0 Å². The van der Waals surface area contributed by atoms with Gasteiger partial charge in [-0.25, -0.2) is 8.78 Å². The molecule has 0 aliphatic heterocycles. The van der Waals surface area contributed by atoms with Crippen molar-refractivity contribution in [2.24, 2.45) is 0 Å². The maximum absolute atomic E-state index is 12.7. The van der Waals surface area contributed by atoms with Gasteiger partial charge in [0, 0.05) is 22.4 Å². The molecule has 0 atom stereocenters. The summed E-state index contributed by atoms with van der Waals surface area (Å²) < 4.78 is 25.2. The third kappa shape index (κ3) is 2.57. The molecule has 0 saturated carbocycles. The van der Waals surface area contributed by atoms with E-state index in [1.165, 1.54) is 11.8 Å². The first kappa shape index (κ1) is 10.3. The van der Waals surface area contributed by atoms with Crippen LogP contribution in [0.15, 0.2) is 17.0 Å². The van der Waals surface area contributed by atoms with Gasteiger partial charge in [-0.2, -0.15) is 0 Å². The fraction of sp³-hybridized carbons (Fsp3) is 0.250. The molecule has 0 aromatic heterocycles. The molecule has 0 radical (unpaired) electrons. The van der Waals surface area contributed by atoms with Crippen LogP contribution in [-0.4, -0.2) is 17.5 Å². The molecule has 0 amide bonds. The number of thioether (sulfide) groups is 1. The highest BCUT2D eigenvalue weighted by Crippen LogP contribution is 2.26. The predicted molar refractivity (Wildman–Crippen MR) is 48.6 cm³/mol. The number of halogens is 2. The molecule has 0 unspecified atom stereocenters. The van der Waals surface area contributed by atoms with Crippen molar-refractivity contribution in [3.63, 3.8) is 0 Å². The smallest absolute Gasteiger partial charge is 0.160 e. The average molecular weight is 205 g/mol. The van der Waals surface area contributed by atoms with Gasteiger partial charge in [-0.15, -0.1) is 11.8 Å². The third-order valence-corrected chi connectivity index (χ3v) is 2.45. The van der Waals surface area contributed by atoms with Gasteiger partial charge >= 0.3 is 0 Å². The summed E-state index contributed by atoms with van der Waals surface area (Å²) in [6.07, 6.45) is 0. The summed E-state index contributed by atoms with van der Waals surface area (Å²) in [5.41, 5.74) is 5.61. The molecule has 1 aromatic rings. The van der Waals surface area contributed by atoms with Gasteiger partial charge in [-0.05, 0) is 6.07 Å². The first-order valence-electron chi connectivity index (χ1n) is 3.63. The van der Waals surface area contributed by atoms with Crippen LogP contribution in [0.5, 0.6) is 0 Å². The average Bonchev–Trinajstić information content (AvgIpc) is 2.09. The van der Waals surface area contributed by atoms with Crippen molar-refractivity contribution >= 4 is 17.4 Å². The summed E-state index contributed by atoms with van der Waals surface area (Å²) in [4.78, 5) is 0.452. The number of aliphatic hydroxyl groups is 1. The van der Waals surface area contributed by atoms with Crippen LogP contribution in [0, 0.1) is 11.6 Å². The van der Waals surface area contributed by atoms with E-state index in [4.69, 9.17) is 10.8 Å². The van der Waals surface area contributed by atoms with E-state index in [-0.39, 0.29) is 12.3 Å². The Labute approximate surface area is 78.7 Å².